The van der Waals surface area contributed by atoms with Gasteiger partial charge in [0.25, 0.3) is 5.91 Å². The molecular weight excluding hydrogens is 356 g/mol. The highest BCUT2D eigenvalue weighted by molar-refractivity contribution is 7.13. The fourth-order valence-corrected chi connectivity index (χ4v) is 3.99. The van der Waals surface area contributed by atoms with Gasteiger partial charge in [-0.15, -0.1) is 11.3 Å². The van der Waals surface area contributed by atoms with Gasteiger partial charge in [-0.05, 0) is 51.5 Å². The van der Waals surface area contributed by atoms with Gasteiger partial charge in [-0.1, -0.05) is 32.0 Å². The van der Waals surface area contributed by atoms with Crippen LogP contribution in [0, 0.1) is 0 Å². The summed E-state index contributed by atoms with van der Waals surface area (Å²) in [5, 5.41) is 6.89. The molecule has 3 aromatic rings. The van der Waals surface area contributed by atoms with Gasteiger partial charge in [0, 0.05) is 22.3 Å². The Morgan fingerprint density at radius 1 is 1.30 bits per heavy atom. The van der Waals surface area contributed by atoms with Crippen molar-refractivity contribution in [1.29, 1.82) is 0 Å². The van der Waals surface area contributed by atoms with Gasteiger partial charge in [0.05, 0.1) is 5.69 Å². The summed E-state index contributed by atoms with van der Waals surface area (Å²) in [7, 11) is 0. The molecule has 1 amide bonds. The number of benzene rings is 1. The summed E-state index contributed by atoms with van der Waals surface area (Å²) in [5.41, 5.74) is 2.52. The van der Waals surface area contributed by atoms with Crippen LogP contribution in [0.25, 0.3) is 21.6 Å². The highest BCUT2D eigenvalue weighted by atomic mass is 32.1. The third kappa shape index (κ3) is 4.96. The molecule has 0 saturated carbocycles. The zero-order valence-corrected chi connectivity index (χ0v) is 17.1. The number of hydrogen-bond donors (Lipinski definition) is 2. The molecule has 6 heteroatoms. The van der Waals surface area contributed by atoms with Crippen LogP contribution in [0.2, 0.25) is 0 Å². The second kappa shape index (κ2) is 9.15. The first-order valence-corrected chi connectivity index (χ1v) is 10.6. The molecule has 2 N–H and O–H groups in total. The molecule has 0 aliphatic carbocycles. The SMILES string of the molecule is CCN(CC)CCCC(C)NC(=O)c1csc(-c2cc3ccccc3[nH]2)n1. The predicted octanol–water partition coefficient (Wildman–Crippen LogP) is 4.53. The van der Waals surface area contributed by atoms with E-state index in [0.29, 0.717) is 5.69 Å². The number of aromatic amines is 1. The largest absolute Gasteiger partial charge is 0.353 e. The number of fused-ring (bicyclic) bond motifs is 1. The second-order valence-electron chi connectivity index (χ2n) is 6.85. The van der Waals surface area contributed by atoms with Crippen molar-refractivity contribution in [3.63, 3.8) is 0 Å². The van der Waals surface area contributed by atoms with E-state index in [1.54, 1.807) is 0 Å². The van der Waals surface area contributed by atoms with E-state index in [0.717, 1.165) is 54.1 Å². The Hall–Kier alpha value is -2.18. The number of hydrogen-bond acceptors (Lipinski definition) is 4. The number of para-hydroxylation sites is 1. The lowest BCUT2D eigenvalue weighted by Gasteiger charge is -2.19. The molecule has 3 rings (SSSR count). The lowest BCUT2D eigenvalue weighted by Crippen LogP contribution is -2.33. The van der Waals surface area contributed by atoms with E-state index in [2.05, 4.69) is 53.1 Å². The molecule has 1 unspecified atom stereocenters. The van der Waals surface area contributed by atoms with Crippen LogP contribution in [0.4, 0.5) is 0 Å². The summed E-state index contributed by atoms with van der Waals surface area (Å²) in [6.45, 7) is 9.65. The van der Waals surface area contributed by atoms with Crippen LogP contribution in [-0.4, -0.2) is 46.5 Å². The molecule has 0 aliphatic heterocycles. The van der Waals surface area contributed by atoms with E-state index in [9.17, 15) is 4.79 Å². The Labute approximate surface area is 164 Å². The molecule has 1 atom stereocenters. The van der Waals surface area contributed by atoms with Crippen molar-refractivity contribution in [2.45, 2.75) is 39.7 Å². The maximum Gasteiger partial charge on any atom is 0.270 e. The van der Waals surface area contributed by atoms with Crippen LogP contribution < -0.4 is 5.32 Å². The number of nitrogens with one attached hydrogen (secondary N) is 2. The van der Waals surface area contributed by atoms with E-state index in [4.69, 9.17) is 0 Å². The molecule has 0 saturated heterocycles. The molecular formula is C21H28N4OS. The van der Waals surface area contributed by atoms with Crippen molar-refractivity contribution in [2.24, 2.45) is 0 Å². The van der Waals surface area contributed by atoms with Crippen molar-refractivity contribution in [2.75, 3.05) is 19.6 Å². The number of nitrogens with zero attached hydrogens (tertiary/aromatic N) is 2. The molecule has 5 nitrogen and oxygen atoms in total. The van der Waals surface area contributed by atoms with Gasteiger partial charge >= 0.3 is 0 Å². The zero-order chi connectivity index (χ0) is 19.2. The molecule has 2 heterocycles. The first-order chi connectivity index (χ1) is 13.1. The normalized spacial score (nSPS) is 12.6. The lowest BCUT2D eigenvalue weighted by molar-refractivity contribution is 0.0933. The number of carbonyl (C=O) groups is 1. The van der Waals surface area contributed by atoms with Crippen LogP contribution in [-0.2, 0) is 0 Å². The van der Waals surface area contributed by atoms with E-state index in [-0.39, 0.29) is 11.9 Å². The summed E-state index contributed by atoms with van der Waals surface area (Å²) in [5.74, 6) is -0.0936. The fraction of sp³-hybridized carbons (Fsp3) is 0.429. The standard InChI is InChI=1S/C21H28N4OS/c1-4-25(5-2)12-8-9-15(3)22-20(26)19-14-27-21(24-19)18-13-16-10-6-7-11-17(16)23-18/h6-7,10-11,13-15,23H,4-5,8-9,12H2,1-3H3,(H,22,26). The Morgan fingerprint density at radius 2 is 2.07 bits per heavy atom. The van der Waals surface area contributed by atoms with E-state index in [1.165, 1.54) is 11.3 Å². The Kier molecular flexibility index (Phi) is 6.63. The number of H-pyrrole nitrogens is 1. The average molecular weight is 385 g/mol. The number of aromatic nitrogens is 2. The van der Waals surface area contributed by atoms with Gasteiger partial charge < -0.3 is 15.2 Å². The van der Waals surface area contributed by atoms with Crippen molar-refractivity contribution >= 4 is 28.1 Å². The monoisotopic (exact) mass is 384 g/mol. The number of thiazole rings is 1. The van der Waals surface area contributed by atoms with E-state index in [1.807, 2.05) is 23.6 Å². The Bertz CT molecular complexity index is 848. The fourth-order valence-electron chi connectivity index (χ4n) is 3.22. The number of rotatable bonds is 9. The third-order valence-corrected chi connectivity index (χ3v) is 5.76. The number of carbonyl (C=O) groups excluding carboxylic acids is 1. The van der Waals surface area contributed by atoms with Crippen LogP contribution in [0.5, 0.6) is 0 Å². The van der Waals surface area contributed by atoms with Crippen molar-refractivity contribution in [3.05, 3.63) is 41.4 Å². The first kappa shape index (κ1) is 19.6. The van der Waals surface area contributed by atoms with Crippen molar-refractivity contribution in [3.8, 4) is 10.7 Å². The molecule has 0 aliphatic rings. The van der Waals surface area contributed by atoms with Gasteiger partial charge in [-0.3, -0.25) is 4.79 Å². The Balaban J connectivity index is 1.56. The molecule has 1 aromatic carbocycles. The Morgan fingerprint density at radius 3 is 2.81 bits per heavy atom. The lowest BCUT2D eigenvalue weighted by atomic mass is 10.1. The zero-order valence-electron chi connectivity index (χ0n) is 16.3. The second-order valence-corrected chi connectivity index (χ2v) is 7.71. The summed E-state index contributed by atoms with van der Waals surface area (Å²) in [4.78, 5) is 22.8. The minimum absolute atomic E-state index is 0.0936. The van der Waals surface area contributed by atoms with Crippen LogP contribution in [0.15, 0.2) is 35.7 Å². The minimum Gasteiger partial charge on any atom is -0.353 e. The molecule has 0 spiro atoms. The van der Waals surface area contributed by atoms with Crippen LogP contribution in [0.3, 0.4) is 0 Å². The van der Waals surface area contributed by atoms with Crippen LogP contribution >= 0.6 is 11.3 Å². The smallest absolute Gasteiger partial charge is 0.270 e. The van der Waals surface area contributed by atoms with Crippen molar-refractivity contribution < 1.29 is 4.79 Å². The van der Waals surface area contributed by atoms with Gasteiger partial charge in [-0.25, -0.2) is 4.98 Å². The summed E-state index contributed by atoms with van der Waals surface area (Å²) >= 11 is 1.49. The summed E-state index contributed by atoms with van der Waals surface area (Å²) < 4.78 is 0. The average Bonchev–Trinajstić information content (AvgIpc) is 3.31. The highest BCUT2D eigenvalue weighted by Crippen LogP contribution is 2.26. The maximum atomic E-state index is 12.5. The first-order valence-electron chi connectivity index (χ1n) is 9.67. The summed E-state index contributed by atoms with van der Waals surface area (Å²) in [6, 6.07) is 10.3. The molecule has 2 aromatic heterocycles. The molecule has 0 bridgehead atoms. The van der Waals surface area contributed by atoms with E-state index < -0.39 is 0 Å². The predicted molar refractivity (Wildman–Crippen MR) is 113 cm³/mol. The molecule has 27 heavy (non-hydrogen) atoms. The highest BCUT2D eigenvalue weighted by Gasteiger charge is 2.15. The van der Waals surface area contributed by atoms with Crippen molar-refractivity contribution in [1.82, 2.24) is 20.2 Å². The minimum atomic E-state index is -0.0936. The summed E-state index contributed by atoms with van der Waals surface area (Å²) in [6.07, 6.45) is 2.06. The van der Waals surface area contributed by atoms with Crippen LogP contribution in [0.1, 0.15) is 44.1 Å². The van der Waals surface area contributed by atoms with Gasteiger partial charge in [-0.2, -0.15) is 0 Å². The molecule has 144 valence electrons. The quantitative estimate of drug-likeness (QED) is 0.570. The molecule has 0 fully saturated rings. The maximum absolute atomic E-state index is 12.5. The van der Waals surface area contributed by atoms with Gasteiger partial charge in [0.2, 0.25) is 0 Å². The third-order valence-electron chi connectivity index (χ3n) is 4.88. The number of amides is 1. The topological polar surface area (TPSA) is 61.0 Å². The van der Waals surface area contributed by atoms with Gasteiger partial charge in [0.15, 0.2) is 0 Å². The molecule has 0 radical (unpaired) electrons. The van der Waals surface area contributed by atoms with E-state index >= 15 is 0 Å². The van der Waals surface area contributed by atoms with Gasteiger partial charge in [0.1, 0.15) is 10.7 Å².